The molecule has 3 aliphatic rings. The highest BCUT2D eigenvalue weighted by Gasteiger charge is 2.44. The van der Waals surface area contributed by atoms with Crippen molar-refractivity contribution in [1.82, 2.24) is 4.90 Å². The van der Waals surface area contributed by atoms with Crippen molar-refractivity contribution in [3.05, 3.63) is 34.4 Å². The number of hydrogen-bond acceptors (Lipinski definition) is 4. The van der Waals surface area contributed by atoms with Crippen LogP contribution in [0.15, 0.2) is 24.3 Å². The third-order valence-electron chi connectivity index (χ3n) is 7.54. The van der Waals surface area contributed by atoms with E-state index in [2.05, 4.69) is 4.90 Å². The van der Waals surface area contributed by atoms with E-state index < -0.39 is 0 Å². The van der Waals surface area contributed by atoms with Crippen LogP contribution < -0.4 is 4.90 Å². The van der Waals surface area contributed by atoms with E-state index in [1.165, 1.54) is 70.3 Å². The van der Waals surface area contributed by atoms with Crippen molar-refractivity contribution in [2.75, 3.05) is 4.90 Å². The van der Waals surface area contributed by atoms with Crippen molar-refractivity contribution in [3.63, 3.8) is 0 Å². The molecular formula is C24H35N3O3. The largest absolute Gasteiger partial charge is 0.303 e. The number of amides is 1. The van der Waals surface area contributed by atoms with Crippen LogP contribution >= 0.6 is 0 Å². The summed E-state index contributed by atoms with van der Waals surface area (Å²) in [6, 6.07) is 8.43. The average molecular weight is 414 g/mol. The Morgan fingerprint density at radius 3 is 2.10 bits per heavy atom. The molecule has 0 spiro atoms. The predicted molar refractivity (Wildman–Crippen MR) is 119 cm³/mol. The fraction of sp³-hybridized carbons (Fsp3) is 0.708. The van der Waals surface area contributed by atoms with Crippen LogP contribution in [0.1, 0.15) is 84.0 Å². The third-order valence-corrected chi connectivity index (χ3v) is 7.54. The molecule has 2 unspecified atom stereocenters. The molecule has 2 aliphatic heterocycles. The number of nitrogens with zero attached hydrogens (tertiary/aromatic N) is 3. The molecule has 2 heterocycles. The maximum absolute atomic E-state index is 12.7. The number of para-hydroxylation sites is 2. The van der Waals surface area contributed by atoms with Gasteiger partial charge in [-0.25, -0.2) is 0 Å². The molecule has 1 aromatic carbocycles. The Bertz CT molecular complexity index is 746. The first-order chi connectivity index (χ1) is 14.6. The van der Waals surface area contributed by atoms with Gasteiger partial charge in [-0.05, 0) is 44.6 Å². The molecule has 6 nitrogen and oxygen atoms in total. The van der Waals surface area contributed by atoms with E-state index in [0.29, 0.717) is 23.8 Å². The Hall–Kier alpha value is -1.95. The van der Waals surface area contributed by atoms with E-state index in [9.17, 15) is 14.9 Å². The van der Waals surface area contributed by atoms with Crippen LogP contribution in [0.4, 0.5) is 11.4 Å². The minimum absolute atomic E-state index is 0.0281. The molecule has 30 heavy (non-hydrogen) atoms. The Labute approximate surface area is 179 Å². The van der Waals surface area contributed by atoms with Gasteiger partial charge < -0.3 is 4.90 Å². The van der Waals surface area contributed by atoms with E-state index >= 15 is 0 Å². The van der Waals surface area contributed by atoms with Gasteiger partial charge in [0, 0.05) is 37.2 Å². The Balaban J connectivity index is 1.58. The minimum atomic E-state index is -0.365. The molecule has 3 fully saturated rings. The van der Waals surface area contributed by atoms with Crippen LogP contribution in [-0.2, 0) is 4.79 Å². The second-order valence-electron chi connectivity index (χ2n) is 9.44. The molecule has 1 aliphatic carbocycles. The summed E-state index contributed by atoms with van der Waals surface area (Å²) in [6.07, 6.45) is 14.9. The molecule has 1 amide bonds. The van der Waals surface area contributed by atoms with Crippen LogP contribution in [-0.4, -0.2) is 39.9 Å². The van der Waals surface area contributed by atoms with Gasteiger partial charge in [-0.2, -0.15) is 0 Å². The maximum Gasteiger partial charge on any atom is 0.292 e. The predicted octanol–water partition coefficient (Wildman–Crippen LogP) is 5.45. The molecule has 6 heteroatoms. The van der Waals surface area contributed by atoms with Gasteiger partial charge in [-0.15, -0.1) is 0 Å². The summed E-state index contributed by atoms with van der Waals surface area (Å²) in [5.74, 6) is -0.0909. The van der Waals surface area contributed by atoms with Gasteiger partial charge in [-0.3, -0.25) is 19.8 Å². The summed E-state index contributed by atoms with van der Waals surface area (Å²) in [6.45, 7) is 1.55. The molecule has 0 radical (unpaired) electrons. The summed E-state index contributed by atoms with van der Waals surface area (Å²) in [5, 5.41) is 11.6. The Kier molecular flexibility index (Phi) is 6.71. The fourth-order valence-electron chi connectivity index (χ4n) is 6.37. The summed E-state index contributed by atoms with van der Waals surface area (Å²) in [5.41, 5.74) is 0.484. The Morgan fingerprint density at radius 1 is 0.933 bits per heavy atom. The molecule has 2 atom stereocenters. The van der Waals surface area contributed by atoms with Crippen molar-refractivity contribution in [3.8, 4) is 0 Å². The average Bonchev–Trinajstić information content (AvgIpc) is 2.67. The molecule has 164 valence electrons. The lowest BCUT2D eigenvalue weighted by Gasteiger charge is -2.54. The molecule has 4 rings (SSSR count). The Morgan fingerprint density at radius 2 is 1.50 bits per heavy atom. The summed E-state index contributed by atoms with van der Waals surface area (Å²) in [7, 11) is 0. The van der Waals surface area contributed by atoms with Crippen LogP contribution in [0.2, 0.25) is 0 Å². The molecule has 1 saturated carbocycles. The van der Waals surface area contributed by atoms with Crippen molar-refractivity contribution in [1.29, 1.82) is 0 Å². The van der Waals surface area contributed by atoms with Crippen molar-refractivity contribution in [2.45, 2.75) is 108 Å². The van der Waals surface area contributed by atoms with E-state index in [4.69, 9.17) is 0 Å². The first-order valence-electron chi connectivity index (χ1n) is 11.9. The fourth-order valence-corrected chi connectivity index (χ4v) is 6.37. The lowest BCUT2D eigenvalue weighted by Crippen LogP contribution is -2.60. The highest BCUT2D eigenvalue weighted by atomic mass is 16.6. The van der Waals surface area contributed by atoms with Gasteiger partial charge >= 0.3 is 0 Å². The van der Waals surface area contributed by atoms with Crippen LogP contribution in [0.25, 0.3) is 0 Å². The number of carbonyl (C=O) groups is 1. The number of rotatable bonds is 4. The number of anilines is 1. The van der Waals surface area contributed by atoms with Crippen molar-refractivity contribution >= 4 is 17.3 Å². The van der Waals surface area contributed by atoms with E-state index in [1.807, 2.05) is 0 Å². The molecule has 0 aromatic heterocycles. The van der Waals surface area contributed by atoms with Gasteiger partial charge in [0.2, 0.25) is 5.91 Å². The number of carbonyl (C=O) groups excluding carboxylic acids is 1. The highest BCUT2D eigenvalue weighted by molar-refractivity contribution is 5.94. The molecular weight excluding hydrogens is 378 g/mol. The highest BCUT2D eigenvalue weighted by Crippen LogP contribution is 2.42. The van der Waals surface area contributed by atoms with E-state index in [-0.39, 0.29) is 22.6 Å². The topological polar surface area (TPSA) is 66.7 Å². The van der Waals surface area contributed by atoms with Gasteiger partial charge in [0.05, 0.1) is 4.92 Å². The zero-order valence-electron chi connectivity index (χ0n) is 18.2. The second-order valence-corrected chi connectivity index (χ2v) is 9.44. The molecule has 0 N–H and O–H groups in total. The maximum atomic E-state index is 12.7. The number of piperidine rings is 2. The monoisotopic (exact) mass is 413 g/mol. The standard InChI is InChI=1S/C24H35N3O3/c1-18(28)25(23-14-7-8-15-24(23)27(29)30)22-16-20-12-9-13-21(17-22)26(20)19-10-5-3-2-4-6-11-19/h7-8,14-15,19-22H,2-6,9-13,16-17H2,1H3. The smallest absolute Gasteiger partial charge is 0.292 e. The zero-order chi connectivity index (χ0) is 21.1. The van der Waals surface area contributed by atoms with E-state index in [0.717, 1.165) is 12.8 Å². The van der Waals surface area contributed by atoms with Gasteiger partial charge in [-0.1, -0.05) is 50.7 Å². The minimum Gasteiger partial charge on any atom is -0.303 e. The summed E-state index contributed by atoms with van der Waals surface area (Å²) < 4.78 is 0. The zero-order valence-corrected chi connectivity index (χ0v) is 18.2. The molecule has 1 aromatic rings. The quantitative estimate of drug-likeness (QED) is 0.486. The van der Waals surface area contributed by atoms with Crippen molar-refractivity contribution in [2.24, 2.45) is 0 Å². The number of hydrogen-bond donors (Lipinski definition) is 0. The number of nitro benzene ring substituents is 1. The third kappa shape index (κ3) is 4.39. The second kappa shape index (κ2) is 9.46. The van der Waals surface area contributed by atoms with Crippen LogP contribution in [0.3, 0.4) is 0 Å². The van der Waals surface area contributed by atoms with E-state index in [1.54, 1.807) is 30.0 Å². The van der Waals surface area contributed by atoms with Gasteiger partial charge in [0.15, 0.2) is 0 Å². The van der Waals surface area contributed by atoms with Crippen LogP contribution in [0, 0.1) is 10.1 Å². The summed E-state index contributed by atoms with van der Waals surface area (Å²) in [4.78, 5) is 28.5. The van der Waals surface area contributed by atoms with Gasteiger partial charge in [0.25, 0.3) is 5.69 Å². The first kappa shape index (κ1) is 21.3. The number of benzene rings is 1. The lowest BCUT2D eigenvalue weighted by atomic mass is 9.78. The SMILES string of the molecule is CC(=O)N(c1ccccc1[N+](=O)[O-])C1CC2CCCC(C1)N2C1CCCCCCC1. The van der Waals surface area contributed by atoms with Crippen LogP contribution in [0.5, 0.6) is 0 Å². The first-order valence-corrected chi connectivity index (χ1v) is 11.9. The van der Waals surface area contributed by atoms with Crippen molar-refractivity contribution < 1.29 is 9.72 Å². The number of fused-ring (bicyclic) bond motifs is 2. The lowest BCUT2D eigenvalue weighted by molar-refractivity contribution is -0.384. The molecule has 2 saturated heterocycles. The normalized spacial score (nSPS) is 28.4. The van der Waals surface area contributed by atoms with Gasteiger partial charge in [0.1, 0.15) is 5.69 Å². The summed E-state index contributed by atoms with van der Waals surface area (Å²) >= 11 is 0. The number of nitro groups is 1. The molecule has 2 bridgehead atoms.